The van der Waals surface area contributed by atoms with Gasteiger partial charge < -0.3 is 10.6 Å². The summed E-state index contributed by atoms with van der Waals surface area (Å²) in [5.41, 5.74) is -0.457. The maximum absolute atomic E-state index is 13.1. The van der Waals surface area contributed by atoms with Gasteiger partial charge >= 0.3 is 6.18 Å². The van der Waals surface area contributed by atoms with Crippen molar-refractivity contribution < 1.29 is 26.4 Å². The number of anilines is 1. The summed E-state index contributed by atoms with van der Waals surface area (Å²) in [6.07, 6.45) is 1.42. The standard InChI is InChI=1S/C22H29F3N6O3S/c1-30(35(2,33)34)16-4-6-17(7-5-16)31-11-15(12-31)29-20(32)10-26-21-18-9-14(22(23,24)25)3-8-19(18)27-13-28-21/h3,8-9,13,15-17H,4-7,10-12H2,1-2H3,(H,29,32)(H,26,27,28)/t16-,17-. The number of amides is 1. The Bertz CT molecular complexity index is 1180. The van der Waals surface area contributed by atoms with Crippen molar-refractivity contribution in [1.82, 2.24) is 24.5 Å². The first kappa shape index (κ1) is 25.6. The predicted molar refractivity (Wildman–Crippen MR) is 125 cm³/mol. The zero-order valence-electron chi connectivity index (χ0n) is 19.5. The third-order valence-electron chi connectivity index (χ3n) is 6.87. The largest absolute Gasteiger partial charge is 0.416 e. The molecule has 0 atom stereocenters. The number of fused-ring (bicyclic) bond motifs is 1. The number of benzene rings is 1. The molecule has 1 aromatic heterocycles. The molecule has 2 N–H and O–H groups in total. The van der Waals surface area contributed by atoms with Gasteiger partial charge in [-0.3, -0.25) is 9.69 Å². The van der Waals surface area contributed by atoms with Crippen molar-refractivity contribution in [2.75, 3.05) is 38.3 Å². The molecule has 4 rings (SSSR count). The van der Waals surface area contributed by atoms with Crippen molar-refractivity contribution in [2.45, 2.75) is 50.0 Å². The Labute approximate surface area is 202 Å². The summed E-state index contributed by atoms with van der Waals surface area (Å²) in [5, 5.41) is 5.95. The number of hydrogen-bond donors (Lipinski definition) is 2. The Morgan fingerprint density at radius 3 is 2.49 bits per heavy atom. The lowest BCUT2D eigenvalue weighted by molar-refractivity contribution is -0.137. The number of rotatable bonds is 7. The van der Waals surface area contributed by atoms with E-state index in [2.05, 4.69) is 25.5 Å². The van der Waals surface area contributed by atoms with E-state index in [0.29, 0.717) is 24.6 Å². The van der Waals surface area contributed by atoms with Crippen LogP contribution in [0.2, 0.25) is 0 Å². The highest BCUT2D eigenvalue weighted by Crippen LogP contribution is 2.32. The number of carbonyl (C=O) groups is 1. The molecule has 2 aliphatic rings. The highest BCUT2D eigenvalue weighted by molar-refractivity contribution is 7.88. The van der Waals surface area contributed by atoms with Crippen LogP contribution in [-0.4, -0.2) is 84.6 Å². The van der Waals surface area contributed by atoms with Gasteiger partial charge in [-0.2, -0.15) is 13.2 Å². The van der Waals surface area contributed by atoms with Crippen LogP contribution in [0, 0.1) is 0 Å². The molecule has 13 heteroatoms. The van der Waals surface area contributed by atoms with Crippen LogP contribution in [-0.2, 0) is 21.0 Å². The van der Waals surface area contributed by atoms with E-state index in [9.17, 15) is 26.4 Å². The topological polar surface area (TPSA) is 108 Å². The highest BCUT2D eigenvalue weighted by atomic mass is 32.2. The van der Waals surface area contributed by atoms with Crippen molar-refractivity contribution in [2.24, 2.45) is 0 Å². The number of likely N-dealkylation sites (tertiary alicyclic amines) is 1. The Kier molecular flexibility index (Phi) is 7.21. The van der Waals surface area contributed by atoms with Crippen molar-refractivity contribution in [3.63, 3.8) is 0 Å². The van der Waals surface area contributed by atoms with Crippen molar-refractivity contribution in [3.05, 3.63) is 30.1 Å². The van der Waals surface area contributed by atoms with Crippen LogP contribution in [0.5, 0.6) is 0 Å². The third-order valence-corrected chi connectivity index (χ3v) is 8.22. The quantitative estimate of drug-likeness (QED) is 0.583. The van der Waals surface area contributed by atoms with Gasteiger partial charge in [0.05, 0.1) is 29.9 Å². The van der Waals surface area contributed by atoms with Gasteiger partial charge in [0, 0.05) is 37.6 Å². The number of aromatic nitrogens is 2. The number of halogens is 3. The first-order valence-corrected chi connectivity index (χ1v) is 13.3. The van der Waals surface area contributed by atoms with E-state index in [1.165, 1.54) is 23.0 Å². The Balaban J connectivity index is 1.24. The molecule has 2 aromatic rings. The minimum atomic E-state index is -4.49. The molecule has 1 aliphatic heterocycles. The summed E-state index contributed by atoms with van der Waals surface area (Å²) in [5.74, 6) is -0.103. The minimum Gasteiger partial charge on any atom is -0.360 e. The predicted octanol–water partition coefficient (Wildman–Crippen LogP) is 2.06. The van der Waals surface area contributed by atoms with Crippen molar-refractivity contribution >= 4 is 32.7 Å². The lowest BCUT2D eigenvalue weighted by Gasteiger charge is -2.47. The van der Waals surface area contributed by atoms with E-state index in [-0.39, 0.29) is 35.7 Å². The van der Waals surface area contributed by atoms with Crippen LogP contribution >= 0.6 is 0 Å². The fourth-order valence-electron chi connectivity index (χ4n) is 4.78. The first-order chi connectivity index (χ1) is 16.4. The van der Waals surface area contributed by atoms with Gasteiger partial charge in [0.25, 0.3) is 0 Å². The van der Waals surface area contributed by atoms with Gasteiger partial charge in [-0.1, -0.05) is 0 Å². The van der Waals surface area contributed by atoms with Crippen LogP contribution < -0.4 is 10.6 Å². The molecule has 192 valence electrons. The molecule has 1 saturated heterocycles. The van der Waals surface area contributed by atoms with E-state index >= 15 is 0 Å². The maximum Gasteiger partial charge on any atom is 0.416 e. The fraction of sp³-hybridized carbons (Fsp3) is 0.591. The second kappa shape index (κ2) is 9.86. The molecular weight excluding hydrogens is 485 g/mol. The van der Waals surface area contributed by atoms with E-state index in [4.69, 9.17) is 0 Å². The van der Waals surface area contributed by atoms with Gasteiger partial charge in [0.1, 0.15) is 12.1 Å². The van der Waals surface area contributed by atoms with Crippen LogP contribution in [0.4, 0.5) is 19.0 Å². The zero-order chi connectivity index (χ0) is 25.4. The summed E-state index contributed by atoms with van der Waals surface area (Å²) in [6.45, 7) is 1.31. The monoisotopic (exact) mass is 514 g/mol. The average Bonchev–Trinajstić information content (AvgIpc) is 2.78. The molecule has 9 nitrogen and oxygen atoms in total. The Hall–Kier alpha value is -2.51. The summed E-state index contributed by atoms with van der Waals surface area (Å²) in [6, 6.07) is 3.63. The summed E-state index contributed by atoms with van der Waals surface area (Å²) in [7, 11) is -1.56. The van der Waals surface area contributed by atoms with E-state index in [0.717, 1.165) is 37.8 Å². The molecule has 2 fully saturated rings. The van der Waals surface area contributed by atoms with Crippen LogP contribution in [0.25, 0.3) is 10.9 Å². The number of hydrogen-bond acceptors (Lipinski definition) is 7. The highest BCUT2D eigenvalue weighted by Gasteiger charge is 2.37. The van der Waals surface area contributed by atoms with Gasteiger partial charge in [-0.15, -0.1) is 0 Å². The smallest absolute Gasteiger partial charge is 0.360 e. The molecule has 1 amide bonds. The van der Waals surface area contributed by atoms with E-state index < -0.39 is 21.8 Å². The van der Waals surface area contributed by atoms with E-state index in [1.54, 1.807) is 7.05 Å². The number of nitrogens with one attached hydrogen (secondary N) is 2. The molecule has 1 aliphatic carbocycles. The van der Waals surface area contributed by atoms with Crippen molar-refractivity contribution in [3.8, 4) is 0 Å². The second-order valence-electron chi connectivity index (χ2n) is 9.27. The molecule has 2 heterocycles. The third kappa shape index (κ3) is 6.01. The number of nitrogens with zero attached hydrogens (tertiary/aromatic N) is 4. The zero-order valence-corrected chi connectivity index (χ0v) is 20.4. The Morgan fingerprint density at radius 2 is 1.86 bits per heavy atom. The molecule has 1 saturated carbocycles. The molecular formula is C22H29F3N6O3S. The molecule has 0 unspecified atom stereocenters. The number of carbonyl (C=O) groups excluding carboxylic acids is 1. The van der Waals surface area contributed by atoms with Gasteiger partial charge in [-0.25, -0.2) is 22.7 Å². The lowest BCUT2D eigenvalue weighted by Crippen LogP contribution is -2.63. The van der Waals surface area contributed by atoms with Crippen LogP contribution in [0.3, 0.4) is 0 Å². The molecule has 0 spiro atoms. The molecule has 0 bridgehead atoms. The molecule has 1 aromatic carbocycles. The number of alkyl halides is 3. The molecule has 0 radical (unpaired) electrons. The van der Waals surface area contributed by atoms with Gasteiger partial charge in [0.2, 0.25) is 15.9 Å². The maximum atomic E-state index is 13.1. The van der Waals surface area contributed by atoms with Crippen LogP contribution in [0.1, 0.15) is 31.2 Å². The summed E-state index contributed by atoms with van der Waals surface area (Å²) >= 11 is 0. The fourth-order valence-corrected chi connectivity index (χ4v) is 5.53. The average molecular weight is 515 g/mol. The summed E-state index contributed by atoms with van der Waals surface area (Å²) < 4.78 is 64.1. The lowest BCUT2D eigenvalue weighted by atomic mass is 9.88. The van der Waals surface area contributed by atoms with Gasteiger partial charge in [-0.05, 0) is 43.9 Å². The van der Waals surface area contributed by atoms with E-state index in [1.807, 2.05) is 0 Å². The molecule has 35 heavy (non-hydrogen) atoms. The normalized spacial score (nSPS) is 22.2. The SMILES string of the molecule is CN([C@H]1CC[C@H](N2CC(NC(=O)CNc3ncnc4ccc(C(F)(F)F)cc34)C2)CC1)S(C)(=O)=O. The Morgan fingerprint density at radius 1 is 1.17 bits per heavy atom. The van der Waals surface area contributed by atoms with Gasteiger partial charge in [0.15, 0.2) is 0 Å². The first-order valence-electron chi connectivity index (χ1n) is 11.4. The van der Waals surface area contributed by atoms with Crippen molar-refractivity contribution in [1.29, 1.82) is 0 Å². The summed E-state index contributed by atoms with van der Waals surface area (Å²) in [4.78, 5) is 22.7. The minimum absolute atomic E-state index is 0.000285. The number of sulfonamides is 1. The van der Waals surface area contributed by atoms with Crippen LogP contribution in [0.15, 0.2) is 24.5 Å². The second-order valence-corrected chi connectivity index (χ2v) is 11.3.